The molecule has 12 heteroatoms. The fraction of sp³-hybridized carbons (Fsp3) is 0.909. The third kappa shape index (κ3) is 7.48. The van der Waals surface area contributed by atoms with E-state index in [9.17, 15) is 24.9 Å². The molecule has 0 spiro atoms. The average molecular weight is 813 g/mol. The zero-order valence-corrected chi connectivity index (χ0v) is 36.9. The summed E-state index contributed by atoms with van der Waals surface area (Å²) in [5.41, 5.74) is 0.142. The van der Waals surface area contributed by atoms with Crippen LogP contribution in [-0.4, -0.2) is 114 Å². The van der Waals surface area contributed by atoms with Crippen molar-refractivity contribution in [3.05, 3.63) is 11.6 Å². The van der Waals surface area contributed by atoms with Gasteiger partial charge in [0.15, 0.2) is 17.9 Å². The first-order valence-electron chi connectivity index (χ1n) is 21.1. The number of carbonyl (C=O) groups is 2. The first-order valence-corrected chi connectivity index (χ1v) is 21.1. The molecule has 14 atom stereocenters. The number of carbonyl (C=O) groups excluding carboxylic acids is 1. The molecule has 2 saturated heterocycles. The van der Waals surface area contributed by atoms with E-state index in [2.05, 4.69) is 46.4 Å². The number of aliphatic hydroxyl groups is 3. The van der Waals surface area contributed by atoms with Gasteiger partial charge >= 0.3 is 5.97 Å². The molecule has 0 aromatic heterocycles. The monoisotopic (exact) mass is 812 g/mol. The number of ether oxygens (including phenoxy) is 4. The van der Waals surface area contributed by atoms with Gasteiger partial charge in [-0.2, -0.15) is 0 Å². The molecule has 0 radical (unpaired) electrons. The third-order valence-corrected chi connectivity index (χ3v) is 16.7. The number of carboxylic acids is 1. The predicted octanol–water partition coefficient (Wildman–Crippen LogP) is 6.39. The summed E-state index contributed by atoms with van der Waals surface area (Å²) in [6.07, 6.45) is 7.78. The number of aliphatic carboxylic acids is 1. The smallest absolute Gasteiger partial charge is 0.309 e. The SMILES string of the molecule is CC1(C(=O)O)CCC2(C)CCC3(C)C(=CC(=O)C4C5(C)CCC(O)C(C)(C)C5CCC43C)C2C1.CN(C)CCCOC1C(C(O)CO)OC2OC(C)(C)OC21.Cl. The highest BCUT2D eigenvalue weighted by Gasteiger charge is 2.70. The molecular weight excluding hydrogens is 738 g/mol. The summed E-state index contributed by atoms with van der Waals surface area (Å²) < 4.78 is 23.0. The molecular formula is C44H74ClNO10. The Labute approximate surface area is 342 Å². The molecule has 14 unspecified atom stereocenters. The maximum atomic E-state index is 14.2. The third-order valence-electron chi connectivity index (χ3n) is 16.7. The van der Waals surface area contributed by atoms with Crippen LogP contribution in [0, 0.1) is 50.2 Å². The van der Waals surface area contributed by atoms with Gasteiger partial charge in [-0.15, -0.1) is 12.4 Å². The van der Waals surface area contributed by atoms with Gasteiger partial charge in [0.2, 0.25) is 0 Å². The molecule has 2 aliphatic heterocycles. The summed E-state index contributed by atoms with van der Waals surface area (Å²) in [5, 5.41) is 39.9. The van der Waals surface area contributed by atoms with Crippen LogP contribution in [0.3, 0.4) is 0 Å². The number of hydrogen-bond acceptors (Lipinski definition) is 10. The number of aliphatic hydroxyl groups excluding tert-OH is 3. The molecule has 0 aromatic rings. The minimum atomic E-state index is -1.01. The molecule has 322 valence electrons. The molecule has 0 aromatic carbocycles. The lowest BCUT2D eigenvalue weighted by Crippen LogP contribution is -2.66. The van der Waals surface area contributed by atoms with Gasteiger partial charge in [-0.05, 0) is 151 Å². The van der Waals surface area contributed by atoms with Crippen LogP contribution in [0.4, 0.5) is 0 Å². The van der Waals surface area contributed by atoms with E-state index in [1.807, 2.05) is 40.9 Å². The highest BCUT2D eigenvalue weighted by molar-refractivity contribution is 5.95. The fourth-order valence-electron chi connectivity index (χ4n) is 13.1. The van der Waals surface area contributed by atoms with E-state index in [-0.39, 0.29) is 75.9 Å². The van der Waals surface area contributed by atoms with Gasteiger partial charge in [-0.3, -0.25) is 9.59 Å². The zero-order chi connectivity index (χ0) is 40.7. The lowest BCUT2D eigenvalue weighted by molar-refractivity contribution is -0.231. The number of halogens is 1. The van der Waals surface area contributed by atoms with Crippen LogP contribution >= 0.6 is 12.4 Å². The second kappa shape index (κ2) is 15.7. The van der Waals surface area contributed by atoms with Crippen molar-refractivity contribution in [3.8, 4) is 0 Å². The maximum Gasteiger partial charge on any atom is 0.309 e. The topological polar surface area (TPSA) is 155 Å². The second-order valence-corrected chi connectivity index (χ2v) is 21.2. The van der Waals surface area contributed by atoms with Crippen molar-refractivity contribution in [2.45, 2.75) is 169 Å². The fourth-order valence-corrected chi connectivity index (χ4v) is 13.1. The van der Waals surface area contributed by atoms with Gasteiger partial charge in [0.25, 0.3) is 0 Å². The van der Waals surface area contributed by atoms with Crippen LogP contribution in [0.5, 0.6) is 0 Å². The number of allylic oxidation sites excluding steroid dienone is 2. The Morgan fingerprint density at radius 3 is 2.25 bits per heavy atom. The van der Waals surface area contributed by atoms with Crippen LogP contribution < -0.4 is 0 Å². The van der Waals surface area contributed by atoms with Gasteiger partial charge in [-0.1, -0.05) is 47.1 Å². The first kappa shape index (κ1) is 45.9. The molecule has 56 heavy (non-hydrogen) atoms. The molecule has 7 rings (SSSR count). The molecule has 7 aliphatic rings. The van der Waals surface area contributed by atoms with E-state index >= 15 is 0 Å². The van der Waals surface area contributed by atoms with Crippen molar-refractivity contribution >= 4 is 24.2 Å². The minimum absolute atomic E-state index is 0. The normalized spacial score (nSPS) is 46.4. The van der Waals surface area contributed by atoms with E-state index in [1.54, 1.807) is 0 Å². The van der Waals surface area contributed by atoms with E-state index in [0.29, 0.717) is 18.9 Å². The molecule has 4 N–H and O–H groups in total. The summed E-state index contributed by atoms with van der Waals surface area (Å²) in [4.78, 5) is 28.5. The van der Waals surface area contributed by atoms with Gasteiger partial charge in [0.05, 0.1) is 18.1 Å². The van der Waals surface area contributed by atoms with Gasteiger partial charge in [0, 0.05) is 12.5 Å². The first-order chi connectivity index (χ1) is 25.4. The Kier molecular flexibility index (Phi) is 12.9. The Hall–Kier alpha value is -1.15. The van der Waals surface area contributed by atoms with Crippen molar-refractivity contribution < 1.29 is 49.0 Å². The van der Waals surface area contributed by atoms with Crippen LogP contribution in [0.2, 0.25) is 0 Å². The Bertz CT molecular complexity index is 1500. The van der Waals surface area contributed by atoms with Crippen LogP contribution in [0.1, 0.15) is 127 Å². The van der Waals surface area contributed by atoms with Crippen molar-refractivity contribution in [1.29, 1.82) is 0 Å². The van der Waals surface area contributed by atoms with E-state index < -0.39 is 41.8 Å². The number of fused-ring (bicyclic) bond motifs is 8. The van der Waals surface area contributed by atoms with Crippen LogP contribution in [0.15, 0.2) is 11.6 Å². The highest BCUT2D eigenvalue weighted by Crippen LogP contribution is 2.75. The van der Waals surface area contributed by atoms with Crippen molar-refractivity contribution in [3.63, 3.8) is 0 Å². The van der Waals surface area contributed by atoms with Crippen LogP contribution in [-0.2, 0) is 28.5 Å². The quantitative estimate of drug-likeness (QED) is 0.202. The second-order valence-electron chi connectivity index (χ2n) is 21.2. The van der Waals surface area contributed by atoms with Gasteiger partial charge < -0.3 is 44.3 Å². The maximum absolute atomic E-state index is 14.2. The number of nitrogens with zero attached hydrogens (tertiary/aromatic N) is 1. The van der Waals surface area contributed by atoms with Crippen molar-refractivity contribution in [2.75, 3.05) is 33.9 Å². The largest absolute Gasteiger partial charge is 0.481 e. The average Bonchev–Trinajstić information content (AvgIpc) is 3.57. The van der Waals surface area contributed by atoms with Gasteiger partial charge in [0.1, 0.15) is 24.4 Å². The summed E-state index contributed by atoms with van der Waals surface area (Å²) in [6.45, 7) is 20.5. The molecule has 2 heterocycles. The van der Waals surface area contributed by atoms with Crippen molar-refractivity contribution in [2.24, 2.45) is 50.2 Å². The number of carboxylic acid groups (broad SMARTS) is 1. The molecule has 4 saturated carbocycles. The highest BCUT2D eigenvalue weighted by atomic mass is 35.5. The summed E-state index contributed by atoms with van der Waals surface area (Å²) >= 11 is 0. The molecule has 5 aliphatic carbocycles. The standard InChI is InChI=1S/C30H46O4.C14H27NO6.ClH/c1-25(2)21-8-11-30(7)23(28(21,5)10-9-22(25)32)20(31)16-18-19-17-27(4,24(33)34)13-12-26(19,3)14-15-29(18,30)6;1-14(2)20-12-11(18-7-5-6-15(3)4)10(9(17)8-16)19-13(12)21-14;/h16,19,21-23,32H,8-15,17H2,1-7H3,(H,33,34);9-13,16-17H,5-8H2,1-4H3;1H. The van der Waals surface area contributed by atoms with E-state index in [1.165, 1.54) is 5.57 Å². The number of ketones is 1. The van der Waals surface area contributed by atoms with Crippen LogP contribution in [0.25, 0.3) is 0 Å². The van der Waals surface area contributed by atoms with E-state index in [4.69, 9.17) is 24.1 Å². The predicted molar refractivity (Wildman–Crippen MR) is 215 cm³/mol. The Balaban J connectivity index is 0.000000236. The summed E-state index contributed by atoms with van der Waals surface area (Å²) in [7, 11) is 4.01. The molecule has 0 amide bonds. The van der Waals surface area contributed by atoms with Gasteiger partial charge in [-0.25, -0.2) is 0 Å². The minimum Gasteiger partial charge on any atom is -0.481 e. The zero-order valence-electron chi connectivity index (χ0n) is 36.1. The summed E-state index contributed by atoms with van der Waals surface area (Å²) in [5.74, 6) is -0.666. The Morgan fingerprint density at radius 2 is 1.62 bits per heavy atom. The summed E-state index contributed by atoms with van der Waals surface area (Å²) in [6, 6.07) is 0. The number of hydrogen-bond donors (Lipinski definition) is 4. The number of rotatable bonds is 8. The molecule has 0 bridgehead atoms. The van der Waals surface area contributed by atoms with Crippen molar-refractivity contribution in [1.82, 2.24) is 4.90 Å². The molecule has 6 fully saturated rings. The lowest BCUT2D eigenvalue weighted by atomic mass is 9.33. The van der Waals surface area contributed by atoms with E-state index in [0.717, 1.165) is 64.3 Å². The Morgan fingerprint density at radius 1 is 0.964 bits per heavy atom. The lowest BCUT2D eigenvalue weighted by Gasteiger charge is -2.70. The molecule has 11 nitrogen and oxygen atoms in total.